The van der Waals surface area contributed by atoms with E-state index in [-0.39, 0.29) is 18.4 Å². The summed E-state index contributed by atoms with van der Waals surface area (Å²) in [4.78, 5) is 0. The molecule has 1 aliphatic heterocycles. The summed E-state index contributed by atoms with van der Waals surface area (Å²) in [6.45, 7) is 3.07. The summed E-state index contributed by atoms with van der Waals surface area (Å²) in [7, 11) is -1.39. The van der Waals surface area contributed by atoms with E-state index in [1.54, 1.807) is 4.31 Å². The first-order valence-electron chi connectivity index (χ1n) is 5.77. The Balaban J connectivity index is 0.00000162. The molecular weight excluding hydrogens is 292 g/mol. The van der Waals surface area contributed by atoms with Gasteiger partial charge in [-0.25, -0.2) is 8.42 Å². The highest BCUT2D eigenvalue weighted by molar-refractivity contribution is 7.91. The quantitative estimate of drug-likeness (QED) is 0.927. The minimum atomic E-state index is -3.28. The molecule has 18 heavy (non-hydrogen) atoms. The molecule has 1 aromatic heterocycles. The molecule has 2 heterocycles. The van der Waals surface area contributed by atoms with Gasteiger partial charge in [0.2, 0.25) is 0 Å². The van der Waals surface area contributed by atoms with Crippen LogP contribution in [0.2, 0.25) is 0 Å². The van der Waals surface area contributed by atoms with Gasteiger partial charge in [0, 0.05) is 19.1 Å². The first kappa shape index (κ1) is 15.9. The van der Waals surface area contributed by atoms with E-state index in [1.165, 1.54) is 11.3 Å². The van der Waals surface area contributed by atoms with Gasteiger partial charge in [0.15, 0.2) is 0 Å². The molecule has 0 bridgehead atoms. The molecule has 7 heteroatoms. The number of aryl methyl sites for hydroxylation is 1. The van der Waals surface area contributed by atoms with Crippen molar-refractivity contribution in [3.63, 3.8) is 0 Å². The molecule has 104 valence electrons. The van der Waals surface area contributed by atoms with Crippen molar-refractivity contribution in [3.05, 3.63) is 17.0 Å². The molecule has 1 unspecified atom stereocenters. The Morgan fingerprint density at radius 2 is 2.22 bits per heavy atom. The number of thiophene rings is 1. The molecule has 1 aromatic rings. The normalized spacial score (nSPS) is 21.6. The van der Waals surface area contributed by atoms with Gasteiger partial charge in [0.25, 0.3) is 10.0 Å². The largest absolute Gasteiger partial charge is 0.316 e. The summed E-state index contributed by atoms with van der Waals surface area (Å²) in [6, 6.07) is 2.13. The lowest BCUT2D eigenvalue weighted by Gasteiger charge is -2.31. The summed E-state index contributed by atoms with van der Waals surface area (Å²) in [5.74, 6) is 0. The number of rotatable bonds is 3. The van der Waals surface area contributed by atoms with Crippen LogP contribution in [0.25, 0.3) is 0 Å². The molecule has 0 radical (unpaired) electrons. The maximum atomic E-state index is 12.4. The first-order valence-corrected chi connectivity index (χ1v) is 8.09. The fourth-order valence-electron chi connectivity index (χ4n) is 2.14. The molecule has 4 nitrogen and oxygen atoms in total. The van der Waals surface area contributed by atoms with Crippen molar-refractivity contribution in [1.29, 1.82) is 0 Å². The van der Waals surface area contributed by atoms with Crippen LogP contribution in [0.1, 0.15) is 18.4 Å². The number of likely N-dealkylation sites (N-methyl/N-ethyl adjacent to an activating group) is 1. The number of piperidine rings is 1. The van der Waals surface area contributed by atoms with Crippen LogP contribution in [0.5, 0.6) is 0 Å². The average molecular weight is 311 g/mol. The molecular formula is C11H19ClN2O2S2. The Morgan fingerprint density at radius 3 is 2.78 bits per heavy atom. The lowest BCUT2D eigenvalue weighted by Crippen LogP contribution is -2.46. The van der Waals surface area contributed by atoms with Crippen molar-refractivity contribution in [2.45, 2.75) is 30.0 Å². The molecule has 1 fully saturated rings. The molecule has 1 aliphatic rings. The van der Waals surface area contributed by atoms with Crippen LogP contribution in [0, 0.1) is 6.92 Å². The van der Waals surface area contributed by atoms with E-state index < -0.39 is 10.0 Å². The number of nitrogens with zero attached hydrogens (tertiary/aromatic N) is 1. The van der Waals surface area contributed by atoms with E-state index in [0.717, 1.165) is 18.4 Å². The van der Waals surface area contributed by atoms with Gasteiger partial charge in [-0.15, -0.1) is 23.7 Å². The van der Waals surface area contributed by atoms with Crippen LogP contribution in [0.15, 0.2) is 15.7 Å². The van der Waals surface area contributed by atoms with Crippen molar-refractivity contribution >= 4 is 33.8 Å². The van der Waals surface area contributed by atoms with Gasteiger partial charge in [-0.1, -0.05) is 0 Å². The molecule has 1 atom stereocenters. The lowest BCUT2D eigenvalue weighted by molar-refractivity contribution is 0.293. The third-order valence-corrected chi connectivity index (χ3v) is 6.71. The van der Waals surface area contributed by atoms with E-state index >= 15 is 0 Å². The smallest absolute Gasteiger partial charge is 0.252 e. The second-order valence-electron chi connectivity index (χ2n) is 4.38. The molecule has 0 saturated carbocycles. The van der Waals surface area contributed by atoms with Gasteiger partial charge in [-0.05, 0) is 43.8 Å². The zero-order valence-electron chi connectivity index (χ0n) is 10.5. The SMILES string of the molecule is CNC1CCCN(S(=O)(=O)c2sccc2C)C1.Cl. The van der Waals surface area contributed by atoms with E-state index in [2.05, 4.69) is 5.32 Å². The van der Waals surface area contributed by atoms with Crippen LogP contribution >= 0.6 is 23.7 Å². The maximum Gasteiger partial charge on any atom is 0.252 e. The average Bonchev–Trinajstić information content (AvgIpc) is 2.76. The van der Waals surface area contributed by atoms with Crippen LogP contribution in [0.3, 0.4) is 0 Å². The second-order valence-corrected chi connectivity index (χ2v) is 7.43. The molecule has 1 N–H and O–H groups in total. The first-order chi connectivity index (χ1) is 8.05. The fraction of sp³-hybridized carbons (Fsp3) is 0.636. The molecule has 0 aliphatic carbocycles. The Morgan fingerprint density at radius 1 is 1.50 bits per heavy atom. The van der Waals surface area contributed by atoms with E-state index in [1.807, 2.05) is 25.4 Å². The van der Waals surface area contributed by atoms with Crippen LogP contribution in [0.4, 0.5) is 0 Å². The third kappa shape index (κ3) is 3.05. The number of sulfonamides is 1. The van der Waals surface area contributed by atoms with E-state index in [4.69, 9.17) is 0 Å². The Kier molecular flexibility index (Phi) is 5.61. The van der Waals surface area contributed by atoms with Gasteiger partial charge in [-0.3, -0.25) is 0 Å². The van der Waals surface area contributed by atoms with Crippen molar-refractivity contribution in [2.24, 2.45) is 0 Å². The molecule has 1 saturated heterocycles. The molecule has 0 aromatic carbocycles. The molecule has 0 amide bonds. The van der Waals surface area contributed by atoms with Crippen LogP contribution < -0.4 is 5.32 Å². The minimum absolute atomic E-state index is 0. The Bertz CT molecular complexity index is 487. The summed E-state index contributed by atoms with van der Waals surface area (Å²) >= 11 is 1.31. The van der Waals surface area contributed by atoms with E-state index in [9.17, 15) is 8.42 Å². The monoisotopic (exact) mass is 310 g/mol. The molecule has 0 spiro atoms. The highest BCUT2D eigenvalue weighted by atomic mass is 35.5. The Labute approximate surface area is 119 Å². The number of hydrogen-bond acceptors (Lipinski definition) is 4. The number of halogens is 1. The predicted octanol–water partition coefficient (Wildman–Crippen LogP) is 1.85. The summed E-state index contributed by atoms with van der Waals surface area (Å²) in [5.41, 5.74) is 0.849. The standard InChI is InChI=1S/C11H18N2O2S2.ClH/c1-9-5-7-16-11(9)17(14,15)13-6-3-4-10(8-13)12-2;/h5,7,10,12H,3-4,6,8H2,1-2H3;1H. The minimum Gasteiger partial charge on any atom is -0.316 e. The van der Waals surface area contributed by atoms with Crippen molar-refractivity contribution in [1.82, 2.24) is 9.62 Å². The van der Waals surface area contributed by atoms with Gasteiger partial charge >= 0.3 is 0 Å². The predicted molar refractivity (Wildman–Crippen MR) is 77.1 cm³/mol. The highest BCUT2D eigenvalue weighted by Crippen LogP contribution is 2.27. The summed E-state index contributed by atoms with van der Waals surface area (Å²) in [5, 5.41) is 5.00. The van der Waals surface area contributed by atoms with Crippen molar-refractivity contribution in [3.8, 4) is 0 Å². The van der Waals surface area contributed by atoms with Gasteiger partial charge in [0.1, 0.15) is 4.21 Å². The van der Waals surface area contributed by atoms with Crippen LogP contribution in [-0.2, 0) is 10.0 Å². The molecule has 2 rings (SSSR count). The second kappa shape index (κ2) is 6.34. The van der Waals surface area contributed by atoms with Gasteiger partial charge in [0.05, 0.1) is 0 Å². The topological polar surface area (TPSA) is 49.4 Å². The fourth-order valence-corrected chi connectivity index (χ4v) is 5.21. The number of hydrogen-bond donors (Lipinski definition) is 1. The zero-order chi connectivity index (χ0) is 12.5. The summed E-state index contributed by atoms with van der Waals surface area (Å²) in [6.07, 6.45) is 1.97. The van der Waals surface area contributed by atoms with Gasteiger partial charge in [-0.2, -0.15) is 4.31 Å². The lowest BCUT2D eigenvalue weighted by atomic mass is 10.1. The van der Waals surface area contributed by atoms with E-state index in [0.29, 0.717) is 17.3 Å². The number of nitrogens with one attached hydrogen (secondary N) is 1. The van der Waals surface area contributed by atoms with Crippen molar-refractivity contribution < 1.29 is 8.42 Å². The summed E-state index contributed by atoms with van der Waals surface area (Å²) < 4.78 is 27.0. The van der Waals surface area contributed by atoms with Crippen LogP contribution in [-0.4, -0.2) is 38.9 Å². The van der Waals surface area contributed by atoms with Gasteiger partial charge < -0.3 is 5.32 Å². The highest BCUT2D eigenvalue weighted by Gasteiger charge is 2.31. The maximum absolute atomic E-state index is 12.4. The zero-order valence-corrected chi connectivity index (χ0v) is 13.0. The third-order valence-electron chi connectivity index (χ3n) is 3.18. The Hall–Kier alpha value is -0.140. The van der Waals surface area contributed by atoms with Crippen molar-refractivity contribution in [2.75, 3.05) is 20.1 Å².